The van der Waals surface area contributed by atoms with E-state index in [4.69, 9.17) is 16.3 Å². The zero-order valence-corrected chi connectivity index (χ0v) is 21.7. The number of halogens is 3. The predicted octanol–water partition coefficient (Wildman–Crippen LogP) is 6.49. The van der Waals surface area contributed by atoms with Crippen molar-refractivity contribution < 1.29 is 23.4 Å². The molecule has 2 heterocycles. The van der Waals surface area contributed by atoms with Gasteiger partial charge in [0.2, 0.25) is 0 Å². The van der Waals surface area contributed by atoms with Gasteiger partial charge < -0.3 is 19.7 Å². The lowest BCUT2D eigenvalue weighted by molar-refractivity contribution is 0.0691. The maximum absolute atomic E-state index is 14.6. The van der Waals surface area contributed by atoms with Gasteiger partial charge >= 0.3 is 5.97 Å². The first-order valence-electron chi connectivity index (χ1n) is 11.8. The summed E-state index contributed by atoms with van der Waals surface area (Å²) in [6, 6.07) is 7.87. The second-order valence-corrected chi connectivity index (χ2v) is 9.65. The van der Waals surface area contributed by atoms with E-state index in [0.717, 1.165) is 5.69 Å². The molecule has 194 valence electrons. The summed E-state index contributed by atoms with van der Waals surface area (Å²) in [4.78, 5) is 20.3. The van der Waals surface area contributed by atoms with Crippen LogP contribution in [0.3, 0.4) is 0 Å². The number of aromatic nitrogens is 3. The minimum absolute atomic E-state index is 0.0383. The van der Waals surface area contributed by atoms with Crippen molar-refractivity contribution in [1.29, 1.82) is 0 Å². The van der Waals surface area contributed by atoms with Gasteiger partial charge in [0.15, 0.2) is 11.6 Å². The summed E-state index contributed by atoms with van der Waals surface area (Å²) in [6.07, 6.45) is 1.38. The fourth-order valence-electron chi connectivity index (χ4n) is 4.16. The average Bonchev–Trinajstić information content (AvgIpc) is 3.17. The van der Waals surface area contributed by atoms with E-state index in [-0.39, 0.29) is 27.8 Å². The number of hydrogen-bond donors (Lipinski definition) is 2. The Kier molecular flexibility index (Phi) is 7.63. The van der Waals surface area contributed by atoms with E-state index < -0.39 is 17.6 Å². The monoisotopic (exact) mass is 528 g/mol. The van der Waals surface area contributed by atoms with Crippen molar-refractivity contribution in [1.82, 2.24) is 14.5 Å². The van der Waals surface area contributed by atoms with Gasteiger partial charge in [-0.1, -0.05) is 25.4 Å². The van der Waals surface area contributed by atoms with Crippen LogP contribution in [0.25, 0.3) is 22.2 Å². The highest BCUT2D eigenvalue weighted by molar-refractivity contribution is 6.34. The number of aromatic carboxylic acids is 1. The van der Waals surface area contributed by atoms with Crippen molar-refractivity contribution in [3.63, 3.8) is 0 Å². The molecule has 0 radical (unpaired) electrons. The summed E-state index contributed by atoms with van der Waals surface area (Å²) in [5, 5.41) is 13.5. The number of fused-ring (bicyclic) bond motifs is 1. The number of rotatable bonds is 9. The molecular weight excluding hydrogens is 502 g/mol. The third kappa shape index (κ3) is 5.51. The standard InChI is InChI=1S/C27H27ClF2N4O3/c1-14(2)12-37-22-10-17(9-19(28)24(22)27(35)36)21-11-23(33-13-32-21)31-5-6-34-16(4)8-18-15(3)7-20(29)25(30)26(18)34/h7-11,13-14H,5-6,12H2,1-4H3,(H,35,36)(H,31,32,33). The molecule has 0 spiro atoms. The van der Waals surface area contributed by atoms with Crippen LogP contribution in [-0.4, -0.2) is 38.8 Å². The van der Waals surface area contributed by atoms with Crippen LogP contribution in [0.15, 0.2) is 36.7 Å². The Bertz CT molecular complexity index is 1490. The number of carboxylic acids is 1. The van der Waals surface area contributed by atoms with Gasteiger partial charge in [0.05, 0.1) is 22.8 Å². The normalized spacial score (nSPS) is 11.4. The lowest BCUT2D eigenvalue weighted by Gasteiger charge is -2.15. The molecule has 0 aliphatic carbocycles. The highest BCUT2D eigenvalue weighted by atomic mass is 35.5. The van der Waals surface area contributed by atoms with E-state index in [1.807, 2.05) is 26.8 Å². The molecule has 0 aliphatic heterocycles. The SMILES string of the molecule is Cc1cc(F)c(F)c2c1cc(C)n2CCNc1cc(-c2cc(Cl)c(C(=O)O)c(OCC(C)C)c2)ncn1. The number of carbonyl (C=O) groups is 1. The summed E-state index contributed by atoms with van der Waals surface area (Å²) in [7, 11) is 0. The Labute approximate surface area is 218 Å². The molecule has 0 atom stereocenters. The third-order valence-electron chi connectivity index (χ3n) is 5.93. The van der Waals surface area contributed by atoms with Crippen LogP contribution in [0, 0.1) is 31.4 Å². The fraction of sp³-hybridized carbons (Fsp3) is 0.296. The number of anilines is 1. The van der Waals surface area contributed by atoms with Crippen LogP contribution in [0.1, 0.15) is 35.5 Å². The van der Waals surface area contributed by atoms with Gasteiger partial charge in [0, 0.05) is 35.8 Å². The van der Waals surface area contributed by atoms with Gasteiger partial charge in [-0.05, 0) is 49.6 Å². The zero-order chi connectivity index (χ0) is 26.9. The lowest BCUT2D eigenvalue weighted by Crippen LogP contribution is -2.13. The minimum atomic E-state index is -1.18. The van der Waals surface area contributed by atoms with E-state index in [1.54, 1.807) is 23.6 Å². The molecule has 2 aromatic heterocycles. The van der Waals surface area contributed by atoms with Gasteiger partial charge in [-0.3, -0.25) is 0 Å². The van der Waals surface area contributed by atoms with Crippen LogP contribution in [-0.2, 0) is 6.54 Å². The van der Waals surface area contributed by atoms with E-state index in [1.165, 1.54) is 18.5 Å². The summed E-state index contributed by atoms with van der Waals surface area (Å²) in [6.45, 7) is 8.61. The van der Waals surface area contributed by atoms with Gasteiger partial charge in [0.25, 0.3) is 0 Å². The molecule has 0 bridgehead atoms. The maximum Gasteiger partial charge on any atom is 0.341 e. The Morgan fingerprint density at radius 1 is 1.16 bits per heavy atom. The van der Waals surface area contributed by atoms with Crippen molar-refractivity contribution in [2.45, 2.75) is 34.2 Å². The van der Waals surface area contributed by atoms with Crippen LogP contribution in [0.4, 0.5) is 14.6 Å². The molecule has 2 N–H and O–H groups in total. The lowest BCUT2D eigenvalue weighted by atomic mass is 10.1. The second kappa shape index (κ2) is 10.7. The Balaban J connectivity index is 1.57. The molecule has 0 saturated carbocycles. The molecule has 0 fully saturated rings. The molecule has 7 nitrogen and oxygen atoms in total. The summed E-state index contributed by atoms with van der Waals surface area (Å²) >= 11 is 6.29. The molecule has 0 saturated heterocycles. The van der Waals surface area contributed by atoms with Gasteiger partial charge in [0.1, 0.15) is 23.5 Å². The first-order valence-corrected chi connectivity index (χ1v) is 12.1. The zero-order valence-electron chi connectivity index (χ0n) is 20.9. The fourth-order valence-corrected chi connectivity index (χ4v) is 4.45. The number of aryl methyl sites for hydroxylation is 2. The van der Waals surface area contributed by atoms with Crippen LogP contribution >= 0.6 is 11.6 Å². The number of hydrogen-bond acceptors (Lipinski definition) is 5. The van der Waals surface area contributed by atoms with Crippen molar-refractivity contribution in [3.05, 3.63) is 70.1 Å². The Morgan fingerprint density at radius 2 is 1.92 bits per heavy atom. The average molecular weight is 529 g/mol. The molecule has 0 aliphatic rings. The van der Waals surface area contributed by atoms with E-state index in [9.17, 15) is 18.7 Å². The van der Waals surface area contributed by atoms with E-state index in [2.05, 4.69) is 15.3 Å². The van der Waals surface area contributed by atoms with Crippen LogP contribution in [0.5, 0.6) is 5.75 Å². The number of ether oxygens (including phenoxy) is 1. The van der Waals surface area contributed by atoms with Gasteiger partial charge in [-0.15, -0.1) is 0 Å². The molecule has 0 unspecified atom stereocenters. The van der Waals surface area contributed by atoms with Crippen molar-refractivity contribution in [3.8, 4) is 17.0 Å². The molecule has 10 heteroatoms. The predicted molar refractivity (Wildman–Crippen MR) is 140 cm³/mol. The van der Waals surface area contributed by atoms with Gasteiger partial charge in [-0.2, -0.15) is 0 Å². The number of carboxylic acid groups (broad SMARTS) is 1. The van der Waals surface area contributed by atoms with E-state index in [0.29, 0.717) is 47.7 Å². The smallest absolute Gasteiger partial charge is 0.341 e. The number of nitrogens with zero attached hydrogens (tertiary/aromatic N) is 3. The highest BCUT2D eigenvalue weighted by Crippen LogP contribution is 2.34. The first-order chi connectivity index (χ1) is 17.6. The van der Waals surface area contributed by atoms with Crippen LogP contribution < -0.4 is 10.1 Å². The largest absolute Gasteiger partial charge is 0.492 e. The second-order valence-electron chi connectivity index (χ2n) is 9.25. The van der Waals surface area contributed by atoms with Crippen molar-refractivity contribution >= 4 is 34.3 Å². The molecular formula is C27H27ClF2N4O3. The Morgan fingerprint density at radius 3 is 2.62 bits per heavy atom. The first kappa shape index (κ1) is 26.3. The molecule has 4 aromatic rings. The van der Waals surface area contributed by atoms with Crippen molar-refractivity contribution in [2.24, 2.45) is 5.92 Å². The van der Waals surface area contributed by atoms with Crippen molar-refractivity contribution in [2.75, 3.05) is 18.5 Å². The minimum Gasteiger partial charge on any atom is -0.492 e. The topological polar surface area (TPSA) is 89.3 Å². The summed E-state index contributed by atoms with van der Waals surface area (Å²) < 4.78 is 36.1. The molecule has 37 heavy (non-hydrogen) atoms. The highest BCUT2D eigenvalue weighted by Gasteiger charge is 2.20. The summed E-state index contributed by atoms with van der Waals surface area (Å²) in [5.74, 6) is -2.06. The quantitative estimate of drug-likeness (QED) is 0.258. The number of benzene rings is 2. The van der Waals surface area contributed by atoms with Gasteiger partial charge in [-0.25, -0.2) is 23.5 Å². The van der Waals surface area contributed by atoms with E-state index >= 15 is 0 Å². The summed E-state index contributed by atoms with van der Waals surface area (Å²) in [5.41, 5.74) is 2.70. The molecule has 2 aromatic carbocycles. The maximum atomic E-state index is 14.6. The third-order valence-corrected chi connectivity index (χ3v) is 6.23. The van der Waals surface area contributed by atoms with Crippen LogP contribution in [0.2, 0.25) is 5.02 Å². The molecule has 4 rings (SSSR count). The number of nitrogens with one attached hydrogen (secondary N) is 1. The molecule has 0 amide bonds. The Hall–Kier alpha value is -3.72.